The lowest BCUT2D eigenvalue weighted by molar-refractivity contribution is -0.0329. The smallest absolute Gasteiger partial charge is 0.348 e. The molecule has 2 heterocycles. The Morgan fingerprint density at radius 2 is 2.30 bits per heavy atom. The molecule has 0 saturated carbocycles. The summed E-state index contributed by atoms with van der Waals surface area (Å²) in [5, 5.41) is 5.55. The molecule has 110 valence electrons. The molecule has 1 aromatic heterocycles. The van der Waals surface area contributed by atoms with Gasteiger partial charge in [-0.2, -0.15) is 13.2 Å². The number of nitrogens with zero attached hydrogens (tertiary/aromatic N) is 1. The summed E-state index contributed by atoms with van der Waals surface area (Å²) in [6.07, 6.45) is 3.00. The highest BCUT2D eigenvalue weighted by molar-refractivity contribution is 8.00. The van der Waals surface area contributed by atoms with E-state index in [2.05, 4.69) is 15.6 Å². The highest BCUT2D eigenvalue weighted by Crippen LogP contribution is 2.37. The first-order valence-corrected chi connectivity index (χ1v) is 7.00. The molecule has 2 N–H and O–H groups in total. The Kier molecular flexibility index (Phi) is 4.87. The van der Waals surface area contributed by atoms with E-state index in [0.717, 1.165) is 19.4 Å². The third-order valence-corrected chi connectivity index (χ3v) is 3.61. The number of nitrogens with one attached hydrogen (secondary N) is 2. The minimum Gasteiger partial charge on any atom is -0.348 e. The molecular formula is C12H14F3N3OS. The predicted molar refractivity (Wildman–Crippen MR) is 69.5 cm³/mol. The fraction of sp³-hybridized carbons (Fsp3) is 0.500. The van der Waals surface area contributed by atoms with Crippen LogP contribution in [-0.2, 0) is 0 Å². The Morgan fingerprint density at radius 3 is 2.95 bits per heavy atom. The van der Waals surface area contributed by atoms with Gasteiger partial charge < -0.3 is 10.6 Å². The molecule has 1 amide bonds. The molecule has 1 atom stereocenters. The number of hydrogen-bond donors (Lipinski definition) is 2. The van der Waals surface area contributed by atoms with E-state index in [-0.39, 0.29) is 28.4 Å². The lowest BCUT2D eigenvalue weighted by Gasteiger charge is -2.24. The summed E-state index contributed by atoms with van der Waals surface area (Å²) in [6.45, 7) is 1.53. The van der Waals surface area contributed by atoms with E-state index in [4.69, 9.17) is 0 Å². The van der Waals surface area contributed by atoms with Gasteiger partial charge in [0, 0.05) is 30.5 Å². The fourth-order valence-corrected chi connectivity index (χ4v) is 2.60. The molecule has 0 aliphatic carbocycles. The van der Waals surface area contributed by atoms with Crippen LogP contribution in [0.15, 0.2) is 23.4 Å². The molecular weight excluding hydrogens is 291 g/mol. The molecule has 0 bridgehead atoms. The van der Waals surface area contributed by atoms with Crippen molar-refractivity contribution in [3.8, 4) is 0 Å². The van der Waals surface area contributed by atoms with Crippen molar-refractivity contribution in [2.45, 2.75) is 29.4 Å². The number of hydrogen-bond acceptors (Lipinski definition) is 4. The fourth-order valence-electron chi connectivity index (χ4n) is 1.99. The van der Waals surface area contributed by atoms with Crippen LogP contribution in [0.25, 0.3) is 0 Å². The molecule has 1 saturated heterocycles. The van der Waals surface area contributed by atoms with Crippen LogP contribution in [0.5, 0.6) is 0 Å². The van der Waals surface area contributed by atoms with Gasteiger partial charge in [-0.05, 0) is 31.5 Å². The molecule has 20 heavy (non-hydrogen) atoms. The highest BCUT2D eigenvalue weighted by Gasteiger charge is 2.32. The maximum Gasteiger partial charge on any atom is 0.447 e. The number of carbonyl (C=O) groups is 1. The summed E-state index contributed by atoms with van der Waals surface area (Å²) >= 11 is -0.370. The molecule has 1 aromatic rings. The van der Waals surface area contributed by atoms with Crippen LogP contribution in [-0.4, -0.2) is 35.5 Å². The van der Waals surface area contributed by atoms with Gasteiger partial charge in [-0.15, -0.1) is 0 Å². The molecule has 1 fully saturated rings. The Balaban J connectivity index is 2.08. The van der Waals surface area contributed by atoms with Gasteiger partial charge in [-0.25, -0.2) is 4.98 Å². The van der Waals surface area contributed by atoms with Crippen LogP contribution in [0.4, 0.5) is 13.2 Å². The molecule has 0 aromatic carbocycles. The minimum absolute atomic E-state index is 0.0413. The zero-order valence-electron chi connectivity index (χ0n) is 10.5. The number of halogens is 3. The van der Waals surface area contributed by atoms with Gasteiger partial charge in [0.1, 0.15) is 5.03 Å². The van der Waals surface area contributed by atoms with E-state index in [0.29, 0.717) is 6.54 Å². The number of alkyl halides is 3. The van der Waals surface area contributed by atoms with E-state index in [9.17, 15) is 18.0 Å². The van der Waals surface area contributed by atoms with Crippen LogP contribution in [0.2, 0.25) is 0 Å². The van der Waals surface area contributed by atoms with Crippen molar-refractivity contribution in [1.29, 1.82) is 0 Å². The zero-order valence-corrected chi connectivity index (χ0v) is 11.4. The van der Waals surface area contributed by atoms with Crippen molar-refractivity contribution < 1.29 is 18.0 Å². The SMILES string of the molecule is O=C(NC1CCCNC1)c1cccnc1SC(F)(F)F. The first-order chi connectivity index (χ1) is 9.46. The molecule has 1 aliphatic heterocycles. The Hall–Kier alpha value is -1.28. The van der Waals surface area contributed by atoms with Crippen molar-refractivity contribution in [1.82, 2.24) is 15.6 Å². The summed E-state index contributed by atoms with van der Waals surface area (Å²) in [5.74, 6) is -0.515. The third-order valence-electron chi connectivity index (χ3n) is 2.86. The molecule has 1 unspecified atom stereocenters. The second-order valence-electron chi connectivity index (χ2n) is 4.42. The van der Waals surface area contributed by atoms with E-state index in [1.165, 1.54) is 18.3 Å². The third kappa shape index (κ3) is 4.38. The maximum absolute atomic E-state index is 12.4. The summed E-state index contributed by atoms with van der Waals surface area (Å²) in [4.78, 5) is 15.7. The van der Waals surface area contributed by atoms with Gasteiger partial charge in [0.15, 0.2) is 0 Å². The first kappa shape index (κ1) is 15.1. The Labute approximate surface area is 118 Å². The maximum atomic E-state index is 12.4. The van der Waals surface area contributed by atoms with Crippen LogP contribution < -0.4 is 10.6 Å². The molecule has 1 aliphatic rings. The van der Waals surface area contributed by atoms with Gasteiger partial charge in [0.05, 0.1) is 5.56 Å². The number of carbonyl (C=O) groups excluding carboxylic acids is 1. The van der Waals surface area contributed by atoms with Crippen LogP contribution in [0.1, 0.15) is 23.2 Å². The van der Waals surface area contributed by atoms with Gasteiger partial charge in [-0.1, -0.05) is 0 Å². The van der Waals surface area contributed by atoms with Gasteiger partial charge in [0.25, 0.3) is 5.91 Å². The Bertz CT molecular complexity index is 475. The normalized spacial score (nSPS) is 19.6. The number of thioether (sulfide) groups is 1. The van der Waals surface area contributed by atoms with Crippen molar-refractivity contribution in [2.24, 2.45) is 0 Å². The van der Waals surface area contributed by atoms with Crippen molar-refractivity contribution in [3.05, 3.63) is 23.9 Å². The number of amides is 1. The second-order valence-corrected chi connectivity index (χ2v) is 5.47. The van der Waals surface area contributed by atoms with Crippen molar-refractivity contribution >= 4 is 17.7 Å². The summed E-state index contributed by atoms with van der Waals surface area (Å²) in [7, 11) is 0. The number of rotatable bonds is 3. The molecule has 2 rings (SSSR count). The standard InChI is InChI=1S/C12H14F3N3OS/c13-12(14,15)20-11-9(4-2-6-17-11)10(19)18-8-3-1-5-16-7-8/h2,4,6,8,16H,1,3,5,7H2,(H,18,19). The second kappa shape index (κ2) is 6.45. The molecule has 0 radical (unpaired) electrons. The molecule has 8 heteroatoms. The summed E-state index contributed by atoms with van der Waals surface area (Å²) in [5.41, 5.74) is -4.50. The van der Waals surface area contributed by atoms with Crippen LogP contribution >= 0.6 is 11.8 Å². The average Bonchev–Trinajstić information content (AvgIpc) is 2.38. The van der Waals surface area contributed by atoms with Crippen LogP contribution in [0.3, 0.4) is 0 Å². The average molecular weight is 305 g/mol. The molecule has 4 nitrogen and oxygen atoms in total. The van der Waals surface area contributed by atoms with E-state index >= 15 is 0 Å². The van der Waals surface area contributed by atoms with E-state index in [1.54, 1.807) is 0 Å². The highest BCUT2D eigenvalue weighted by atomic mass is 32.2. The van der Waals surface area contributed by atoms with Crippen LogP contribution in [0, 0.1) is 0 Å². The lowest BCUT2D eigenvalue weighted by Crippen LogP contribution is -2.45. The quantitative estimate of drug-likeness (QED) is 0.841. The van der Waals surface area contributed by atoms with Gasteiger partial charge in [-0.3, -0.25) is 4.79 Å². The predicted octanol–water partition coefficient (Wildman–Crippen LogP) is 2.18. The Morgan fingerprint density at radius 1 is 1.50 bits per heavy atom. The topological polar surface area (TPSA) is 54.0 Å². The first-order valence-electron chi connectivity index (χ1n) is 6.18. The number of pyridine rings is 1. The van der Waals surface area contributed by atoms with Gasteiger partial charge in [0.2, 0.25) is 0 Å². The largest absolute Gasteiger partial charge is 0.447 e. The molecule has 0 spiro atoms. The van der Waals surface area contributed by atoms with Gasteiger partial charge >= 0.3 is 5.51 Å². The lowest BCUT2D eigenvalue weighted by atomic mass is 10.1. The number of piperidine rings is 1. The van der Waals surface area contributed by atoms with Crippen molar-refractivity contribution in [2.75, 3.05) is 13.1 Å². The zero-order chi connectivity index (χ0) is 14.6. The van der Waals surface area contributed by atoms with E-state index < -0.39 is 11.4 Å². The number of aromatic nitrogens is 1. The minimum atomic E-state index is -4.46. The van der Waals surface area contributed by atoms with Crippen molar-refractivity contribution in [3.63, 3.8) is 0 Å². The monoisotopic (exact) mass is 305 g/mol. The summed E-state index contributed by atoms with van der Waals surface area (Å²) < 4.78 is 37.3. The van der Waals surface area contributed by atoms with E-state index in [1.807, 2.05) is 0 Å². The summed E-state index contributed by atoms with van der Waals surface area (Å²) in [6, 6.07) is 2.75.